The lowest BCUT2D eigenvalue weighted by Gasteiger charge is -2.06. The van der Waals surface area contributed by atoms with Crippen molar-refractivity contribution < 1.29 is 9.47 Å². The number of para-hydroxylation sites is 2. The number of thiazole rings is 1. The van der Waals surface area contributed by atoms with Crippen molar-refractivity contribution in [1.29, 1.82) is 0 Å². The number of rotatable bonds is 4. The first-order valence-electron chi connectivity index (χ1n) is 4.76. The lowest BCUT2D eigenvalue weighted by atomic mass is 10.3. The molecule has 2 rings (SSSR count). The normalized spacial score (nSPS) is 10.3. The number of benzene rings is 1. The van der Waals surface area contributed by atoms with Crippen LogP contribution in [0.3, 0.4) is 0 Å². The summed E-state index contributed by atoms with van der Waals surface area (Å²) in [7, 11) is 1.58. The summed E-state index contributed by atoms with van der Waals surface area (Å²) in [4.78, 5) is 4.86. The molecule has 0 spiro atoms. The fraction of sp³-hybridized carbons (Fsp3) is 0.182. The number of alkyl halides is 1. The number of nitrogens with zero attached hydrogens (tertiary/aromatic N) is 1. The molecule has 0 aliphatic rings. The Balaban J connectivity index is 2.25. The SMILES string of the molecule is COc1ccccc1Oc1nc(Cl)c(CCl)s1. The highest BCUT2D eigenvalue weighted by molar-refractivity contribution is 7.14. The molecule has 0 atom stereocenters. The van der Waals surface area contributed by atoms with Gasteiger partial charge in [-0.1, -0.05) is 35.1 Å². The van der Waals surface area contributed by atoms with E-state index in [1.54, 1.807) is 13.2 Å². The standard InChI is InChI=1S/C11H9Cl2NO2S/c1-15-7-4-2-3-5-8(7)16-11-14-10(13)9(6-12)17-11/h2-5H,6H2,1H3. The molecule has 1 heterocycles. The highest BCUT2D eigenvalue weighted by Crippen LogP contribution is 2.36. The van der Waals surface area contributed by atoms with E-state index >= 15 is 0 Å². The van der Waals surface area contributed by atoms with E-state index in [4.69, 9.17) is 32.7 Å². The molecule has 0 radical (unpaired) electrons. The van der Waals surface area contributed by atoms with Crippen LogP contribution >= 0.6 is 34.5 Å². The van der Waals surface area contributed by atoms with Gasteiger partial charge in [0, 0.05) is 0 Å². The van der Waals surface area contributed by atoms with Crippen LogP contribution in [0.25, 0.3) is 0 Å². The Morgan fingerprint density at radius 2 is 2.00 bits per heavy atom. The van der Waals surface area contributed by atoms with Crippen LogP contribution in [-0.2, 0) is 5.88 Å². The lowest BCUT2D eigenvalue weighted by molar-refractivity contribution is 0.378. The lowest BCUT2D eigenvalue weighted by Crippen LogP contribution is -1.88. The number of ether oxygens (including phenoxy) is 2. The average Bonchev–Trinajstić information content (AvgIpc) is 2.70. The second-order valence-corrected chi connectivity index (χ2v) is 4.75. The maximum Gasteiger partial charge on any atom is 0.280 e. The van der Waals surface area contributed by atoms with Crippen molar-refractivity contribution in [3.05, 3.63) is 34.3 Å². The topological polar surface area (TPSA) is 31.4 Å². The van der Waals surface area contributed by atoms with Crippen LogP contribution in [0.4, 0.5) is 0 Å². The van der Waals surface area contributed by atoms with Crippen molar-refractivity contribution in [2.75, 3.05) is 7.11 Å². The molecule has 1 aromatic carbocycles. The fourth-order valence-electron chi connectivity index (χ4n) is 1.24. The van der Waals surface area contributed by atoms with Crippen molar-refractivity contribution in [1.82, 2.24) is 4.98 Å². The largest absolute Gasteiger partial charge is 0.493 e. The van der Waals surface area contributed by atoms with Gasteiger partial charge >= 0.3 is 0 Å². The minimum Gasteiger partial charge on any atom is -0.493 e. The van der Waals surface area contributed by atoms with Gasteiger partial charge in [0.2, 0.25) is 0 Å². The molecule has 0 fully saturated rings. The Morgan fingerprint density at radius 1 is 1.29 bits per heavy atom. The monoisotopic (exact) mass is 289 g/mol. The van der Waals surface area contributed by atoms with Crippen LogP contribution in [-0.4, -0.2) is 12.1 Å². The van der Waals surface area contributed by atoms with Gasteiger partial charge in [0.15, 0.2) is 11.5 Å². The third-order valence-electron chi connectivity index (χ3n) is 2.02. The predicted octanol–water partition coefficient (Wildman–Crippen LogP) is 4.34. The third-order valence-corrected chi connectivity index (χ3v) is 3.80. The molecule has 0 saturated carbocycles. The number of halogens is 2. The van der Waals surface area contributed by atoms with E-state index in [-0.39, 0.29) is 0 Å². The molecule has 1 aromatic heterocycles. The maximum absolute atomic E-state index is 5.89. The van der Waals surface area contributed by atoms with Crippen LogP contribution in [0.1, 0.15) is 4.88 Å². The van der Waals surface area contributed by atoms with E-state index in [0.29, 0.717) is 27.7 Å². The van der Waals surface area contributed by atoms with Gasteiger partial charge in [-0.15, -0.1) is 11.6 Å². The van der Waals surface area contributed by atoms with Crippen molar-refractivity contribution in [3.63, 3.8) is 0 Å². The van der Waals surface area contributed by atoms with Crippen molar-refractivity contribution >= 4 is 34.5 Å². The van der Waals surface area contributed by atoms with Crippen molar-refractivity contribution in [2.45, 2.75) is 5.88 Å². The van der Waals surface area contributed by atoms with Crippen LogP contribution in [0.2, 0.25) is 5.15 Å². The van der Waals surface area contributed by atoms with E-state index in [1.165, 1.54) is 11.3 Å². The molecule has 0 aliphatic heterocycles. The number of hydrogen-bond donors (Lipinski definition) is 0. The summed E-state index contributed by atoms with van der Waals surface area (Å²) in [5, 5.41) is 0.838. The Kier molecular flexibility index (Phi) is 4.10. The minimum absolute atomic E-state index is 0.325. The second kappa shape index (κ2) is 5.58. The van der Waals surface area contributed by atoms with Crippen LogP contribution in [0.15, 0.2) is 24.3 Å². The van der Waals surface area contributed by atoms with Crippen LogP contribution < -0.4 is 9.47 Å². The van der Waals surface area contributed by atoms with Gasteiger partial charge in [-0.05, 0) is 12.1 Å². The molecule has 0 aliphatic carbocycles. The van der Waals surface area contributed by atoms with Gasteiger partial charge in [0.05, 0.1) is 17.9 Å². The smallest absolute Gasteiger partial charge is 0.280 e. The number of aromatic nitrogens is 1. The summed E-state index contributed by atoms with van der Waals surface area (Å²) in [5.74, 6) is 1.57. The Bertz CT molecular complexity index is 516. The van der Waals surface area contributed by atoms with Gasteiger partial charge < -0.3 is 9.47 Å². The summed E-state index contributed by atoms with van der Waals surface area (Å²) in [6.07, 6.45) is 0. The highest BCUT2D eigenvalue weighted by Gasteiger charge is 2.12. The van der Waals surface area contributed by atoms with E-state index < -0.39 is 0 Å². The summed E-state index contributed by atoms with van der Waals surface area (Å²) in [5.41, 5.74) is 0. The zero-order valence-corrected chi connectivity index (χ0v) is 11.3. The molecule has 2 aromatic rings. The maximum atomic E-state index is 5.89. The molecule has 0 saturated heterocycles. The van der Waals surface area contributed by atoms with Crippen LogP contribution in [0.5, 0.6) is 16.7 Å². The molecule has 0 unspecified atom stereocenters. The van der Waals surface area contributed by atoms with E-state index in [0.717, 1.165) is 4.88 Å². The fourth-order valence-corrected chi connectivity index (χ4v) is 2.57. The molecule has 90 valence electrons. The van der Waals surface area contributed by atoms with Crippen LogP contribution in [0, 0.1) is 0 Å². The first-order valence-corrected chi connectivity index (χ1v) is 6.49. The van der Waals surface area contributed by atoms with Crippen molar-refractivity contribution in [2.24, 2.45) is 0 Å². The zero-order chi connectivity index (χ0) is 12.3. The van der Waals surface area contributed by atoms with Gasteiger partial charge in [-0.2, -0.15) is 4.98 Å². The molecule has 0 N–H and O–H groups in total. The van der Waals surface area contributed by atoms with E-state index in [2.05, 4.69) is 4.98 Å². The average molecular weight is 290 g/mol. The zero-order valence-electron chi connectivity index (χ0n) is 8.94. The predicted molar refractivity (Wildman–Crippen MR) is 69.7 cm³/mol. The molecule has 17 heavy (non-hydrogen) atoms. The Labute approximate surface area is 113 Å². The van der Waals surface area contributed by atoms with Gasteiger partial charge in [-0.3, -0.25) is 0 Å². The minimum atomic E-state index is 0.325. The van der Waals surface area contributed by atoms with Gasteiger partial charge in [0.1, 0.15) is 5.15 Å². The molecular weight excluding hydrogens is 281 g/mol. The van der Waals surface area contributed by atoms with Gasteiger partial charge in [0.25, 0.3) is 5.19 Å². The highest BCUT2D eigenvalue weighted by atomic mass is 35.5. The van der Waals surface area contributed by atoms with E-state index in [1.807, 2.05) is 18.2 Å². The molecule has 0 bridgehead atoms. The van der Waals surface area contributed by atoms with Crippen molar-refractivity contribution in [3.8, 4) is 16.7 Å². The second-order valence-electron chi connectivity index (χ2n) is 3.08. The Hall–Kier alpha value is -0.970. The quantitative estimate of drug-likeness (QED) is 0.785. The summed E-state index contributed by atoms with van der Waals surface area (Å²) in [6.45, 7) is 0. The molecule has 0 amide bonds. The first kappa shape index (κ1) is 12.5. The molecule has 3 nitrogen and oxygen atoms in total. The third kappa shape index (κ3) is 2.83. The number of hydrogen-bond acceptors (Lipinski definition) is 4. The summed E-state index contributed by atoms with van der Waals surface area (Å²) < 4.78 is 10.8. The first-order chi connectivity index (χ1) is 8.24. The molecule has 6 heteroatoms. The van der Waals surface area contributed by atoms with E-state index in [9.17, 15) is 0 Å². The molecular formula is C11H9Cl2NO2S. The number of methoxy groups -OCH3 is 1. The summed E-state index contributed by atoms with van der Waals surface area (Å²) in [6, 6.07) is 7.34. The Morgan fingerprint density at radius 3 is 2.59 bits per heavy atom. The van der Waals surface area contributed by atoms with Gasteiger partial charge in [-0.25, -0.2) is 0 Å². The summed E-state index contributed by atoms with van der Waals surface area (Å²) >= 11 is 12.9.